The maximum Gasteiger partial charge on any atom is 0.225 e. The van der Waals surface area contributed by atoms with Gasteiger partial charge in [0, 0.05) is 36.6 Å². The van der Waals surface area contributed by atoms with Gasteiger partial charge in [-0.1, -0.05) is 0 Å². The van der Waals surface area contributed by atoms with Gasteiger partial charge in [0.2, 0.25) is 5.95 Å². The van der Waals surface area contributed by atoms with Crippen LogP contribution in [0.3, 0.4) is 0 Å². The number of aromatic nitrogens is 3. The molecular weight excluding hydrogens is 238 g/mol. The number of hydrogen-bond donors (Lipinski definition) is 2. The van der Waals surface area contributed by atoms with Gasteiger partial charge in [0.15, 0.2) is 0 Å². The molecule has 0 saturated carbocycles. The zero-order valence-electron chi connectivity index (χ0n) is 11.7. The SMILES string of the molecule is CNc1cc(-c2cccnc2)nc(NC(C)(C)C)n1. The molecule has 0 amide bonds. The third kappa shape index (κ3) is 3.64. The lowest BCUT2D eigenvalue weighted by atomic mass is 10.1. The van der Waals surface area contributed by atoms with Crippen molar-refractivity contribution in [2.45, 2.75) is 26.3 Å². The molecule has 0 spiro atoms. The monoisotopic (exact) mass is 257 g/mol. The van der Waals surface area contributed by atoms with E-state index >= 15 is 0 Å². The van der Waals surface area contributed by atoms with Crippen LogP contribution in [0, 0.1) is 0 Å². The van der Waals surface area contributed by atoms with Crippen molar-refractivity contribution in [1.82, 2.24) is 15.0 Å². The average Bonchev–Trinajstić information content (AvgIpc) is 2.37. The minimum atomic E-state index is -0.0847. The zero-order chi connectivity index (χ0) is 13.9. The fraction of sp³-hybridized carbons (Fsp3) is 0.357. The summed E-state index contributed by atoms with van der Waals surface area (Å²) in [5.74, 6) is 1.39. The Morgan fingerprint density at radius 3 is 2.53 bits per heavy atom. The second kappa shape index (κ2) is 5.22. The Bertz CT molecular complexity index is 546. The van der Waals surface area contributed by atoms with E-state index in [1.807, 2.05) is 25.2 Å². The smallest absolute Gasteiger partial charge is 0.225 e. The third-order valence-corrected chi connectivity index (χ3v) is 2.43. The summed E-state index contributed by atoms with van der Waals surface area (Å²) in [5, 5.41) is 6.34. The highest BCUT2D eigenvalue weighted by molar-refractivity contribution is 5.63. The van der Waals surface area contributed by atoms with E-state index in [-0.39, 0.29) is 5.54 Å². The van der Waals surface area contributed by atoms with Crippen LogP contribution in [0.25, 0.3) is 11.3 Å². The first-order chi connectivity index (χ1) is 8.98. The molecule has 2 N–H and O–H groups in total. The Kier molecular flexibility index (Phi) is 3.64. The topological polar surface area (TPSA) is 62.7 Å². The minimum absolute atomic E-state index is 0.0847. The second-order valence-corrected chi connectivity index (χ2v) is 5.33. The lowest BCUT2D eigenvalue weighted by Crippen LogP contribution is -2.27. The van der Waals surface area contributed by atoms with Gasteiger partial charge >= 0.3 is 0 Å². The van der Waals surface area contributed by atoms with E-state index in [2.05, 4.69) is 46.4 Å². The van der Waals surface area contributed by atoms with Crippen LogP contribution in [0.1, 0.15) is 20.8 Å². The molecule has 5 nitrogen and oxygen atoms in total. The molecule has 0 aliphatic carbocycles. The van der Waals surface area contributed by atoms with Crippen molar-refractivity contribution >= 4 is 11.8 Å². The Morgan fingerprint density at radius 2 is 1.95 bits per heavy atom. The molecule has 0 atom stereocenters. The van der Waals surface area contributed by atoms with Gasteiger partial charge in [0.05, 0.1) is 5.69 Å². The van der Waals surface area contributed by atoms with Crippen LogP contribution < -0.4 is 10.6 Å². The summed E-state index contributed by atoms with van der Waals surface area (Å²) in [6.07, 6.45) is 3.54. The van der Waals surface area contributed by atoms with Gasteiger partial charge in [0.1, 0.15) is 5.82 Å². The van der Waals surface area contributed by atoms with Gasteiger partial charge in [0.25, 0.3) is 0 Å². The summed E-state index contributed by atoms with van der Waals surface area (Å²) in [6, 6.07) is 5.79. The first-order valence-electron chi connectivity index (χ1n) is 6.23. The Labute approximate surface area is 113 Å². The van der Waals surface area contributed by atoms with Crippen molar-refractivity contribution in [1.29, 1.82) is 0 Å². The van der Waals surface area contributed by atoms with Crippen molar-refractivity contribution in [2.75, 3.05) is 17.7 Å². The first-order valence-corrected chi connectivity index (χ1v) is 6.23. The van der Waals surface area contributed by atoms with Gasteiger partial charge in [-0.25, -0.2) is 4.98 Å². The number of hydrogen-bond acceptors (Lipinski definition) is 5. The van der Waals surface area contributed by atoms with Gasteiger partial charge in [-0.15, -0.1) is 0 Å². The first kappa shape index (κ1) is 13.3. The molecule has 0 bridgehead atoms. The second-order valence-electron chi connectivity index (χ2n) is 5.33. The fourth-order valence-electron chi connectivity index (χ4n) is 1.63. The van der Waals surface area contributed by atoms with Gasteiger partial charge < -0.3 is 10.6 Å². The summed E-state index contributed by atoms with van der Waals surface area (Å²) in [5.41, 5.74) is 1.73. The van der Waals surface area contributed by atoms with E-state index in [9.17, 15) is 0 Å². The summed E-state index contributed by atoms with van der Waals surface area (Å²) in [4.78, 5) is 13.1. The van der Waals surface area contributed by atoms with Crippen LogP contribution in [0.5, 0.6) is 0 Å². The lowest BCUT2D eigenvalue weighted by Gasteiger charge is -2.21. The summed E-state index contributed by atoms with van der Waals surface area (Å²) in [7, 11) is 1.84. The Balaban J connectivity index is 2.42. The van der Waals surface area contributed by atoms with Crippen LogP contribution in [-0.2, 0) is 0 Å². The molecular formula is C14H19N5. The van der Waals surface area contributed by atoms with Crippen LogP contribution in [0.4, 0.5) is 11.8 Å². The number of pyridine rings is 1. The fourth-order valence-corrected chi connectivity index (χ4v) is 1.63. The molecule has 0 radical (unpaired) electrons. The molecule has 2 aromatic rings. The minimum Gasteiger partial charge on any atom is -0.373 e. The molecule has 2 rings (SSSR count). The number of rotatable bonds is 3. The predicted octanol–water partition coefficient (Wildman–Crippen LogP) is 2.79. The molecule has 0 aliphatic heterocycles. The normalized spacial score (nSPS) is 11.2. The van der Waals surface area contributed by atoms with Crippen LogP contribution in [-0.4, -0.2) is 27.5 Å². The highest BCUT2D eigenvalue weighted by atomic mass is 15.2. The largest absolute Gasteiger partial charge is 0.373 e. The van der Waals surface area contributed by atoms with Gasteiger partial charge in [-0.05, 0) is 32.9 Å². The van der Waals surface area contributed by atoms with E-state index in [4.69, 9.17) is 0 Å². The standard InChI is InChI=1S/C14H19N5/c1-14(2,3)19-13-17-11(8-12(15-4)18-13)10-6-5-7-16-9-10/h5-9H,1-4H3,(H2,15,17,18,19). The maximum atomic E-state index is 4.53. The molecule has 19 heavy (non-hydrogen) atoms. The molecule has 0 unspecified atom stereocenters. The molecule has 0 saturated heterocycles. The van der Waals surface area contributed by atoms with E-state index < -0.39 is 0 Å². The predicted molar refractivity (Wildman–Crippen MR) is 78.2 cm³/mol. The van der Waals surface area contributed by atoms with Crippen LogP contribution in [0.2, 0.25) is 0 Å². The highest BCUT2D eigenvalue weighted by Gasteiger charge is 2.13. The summed E-state index contributed by atoms with van der Waals surface area (Å²) in [6.45, 7) is 6.23. The number of nitrogens with zero attached hydrogens (tertiary/aromatic N) is 3. The zero-order valence-corrected chi connectivity index (χ0v) is 11.7. The average molecular weight is 257 g/mol. The van der Waals surface area contributed by atoms with E-state index in [0.29, 0.717) is 5.95 Å². The van der Waals surface area contributed by atoms with Crippen molar-refractivity contribution in [2.24, 2.45) is 0 Å². The molecule has 5 heteroatoms. The highest BCUT2D eigenvalue weighted by Crippen LogP contribution is 2.21. The molecule has 0 aromatic carbocycles. The molecule has 2 heterocycles. The van der Waals surface area contributed by atoms with Gasteiger partial charge in [-0.3, -0.25) is 4.98 Å². The van der Waals surface area contributed by atoms with Crippen LogP contribution in [0.15, 0.2) is 30.6 Å². The molecule has 2 aromatic heterocycles. The summed E-state index contributed by atoms with van der Waals surface area (Å²) < 4.78 is 0. The molecule has 100 valence electrons. The quantitative estimate of drug-likeness (QED) is 0.885. The Hall–Kier alpha value is -2.17. The molecule has 0 fully saturated rings. The summed E-state index contributed by atoms with van der Waals surface area (Å²) >= 11 is 0. The maximum absolute atomic E-state index is 4.53. The van der Waals surface area contributed by atoms with E-state index in [0.717, 1.165) is 17.1 Å². The van der Waals surface area contributed by atoms with Crippen LogP contribution >= 0.6 is 0 Å². The van der Waals surface area contributed by atoms with Gasteiger partial charge in [-0.2, -0.15) is 4.98 Å². The van der Waals surface area contributed by atoms with Crippen molar-refractivity contribution < 1.29 is 0 Å². The Morgan fingerprint density at radius 1 is 1.16 bits per heavy atom. The van der Waals surface area contributed by atoms with Crippen molar-refractivity contribution in [3.63, 3.8) is 0 Å². The third-order valence-electron chi connectivity index (χ3n) is 2.43. The lowest BCUT2D eigenvalue weighted by molar-refractivity contribution is 0.626. The number of nitrogens with one attached hydrogen (secondary N) is 2. The molecule has 0 aliphatic rings. The van der Waals surface area contributed by atoms with Crippen molar-refractivity contribution in [3.05, 3.63) is 30.6 Å². The van der Waals surface area contributed by atoms with E-state index in [1.165, 1.54) is 0 Å². The number of anilines is 2. The van der Waals surface area contributed by atoms with Crippen molar-refractivity contribution in [3.8, 4) is 11.3 Å². The van der Waals surface area contributed by atoms with E-state index in [1.54, 1.807) is 12.4 Å².